The Hall–Kier alpha value is -0.440. The van der Waals surface area contributed by atoms with Crippen molar-refractivity contribution >= 4 is 21.5 Å². The van der Waals surface area contributed by atoms with Crippen LogP contribution in [0.1, 0.15) is 0 Å². The molecule has 0 aliphatic heterocycles. The van der Waals surface area contributed by atoms with Crippen LogP contribution in [0.3, 0.4) is 0 Å². The van der Waals surface area contributed by atoms with Crippen LogP contribution in [0.25, 0.3) is 0 Å². The van der Waals surface area contributed by atoms with Gasteiger partial charge in [-0.05, 0) is 0 Å². The van der Waals surface area contributed by atoms with Crippen LogP contribution in [0.15, 0.2) is 3.77 Å². The van der Waals surface area contributed by atoms with E-state index in [1.807, 2.05) is 0 Å². The van der Waals surface area contributed by atoms with Crippen molar-refractivity contribution in [1.82, 2.24) is 0 Å². The van der Waals surface area contributed by atoms with Crippen molar-refractivity contribution in [2.24, 2.45) is 3.77 Å². The lowest BCUT2D eigenvalue weighted by Gasteiger charge is -1.98. The molecule has 60 valence electrons. The van der Waals surface area contributed by atoms with Crippen LogP contribution >= 0.6 is 0 Å². The van der Waals surface area contributed by atoms with Crippen LogP contribution in [0.4, 0.5) is 13.2 Å². The molecule has 0 aromatic carbocycles. The van der Waals surface area contributed by atoms with Gasteiger partial charge in [0.25, 0.3) is 0 Å². The van der Waals surface area contributed by atoms with Crippen molar-refractivity contribution in [1.29, 1.82) is 0 Å². The lowest BCUT2D eigenvalue weighted by molar-refractivity contribution is -0.0434. The van der Waals surface area contributed by atoms with Crippen molar-refractivity contribution in [2.45, 2.75) is 5.51 Å². The summed E-state index contributed by atoms with van der Waals surface area (Å²) in [5.41, 5.74) is -5.47. The first-order valence-corrected chi connectivity index (χ1v) is 3.77. The molecule has 0 aliphatic rings. The van der Waals surface area contributed by atoms with Crippen molar-refractivity contribution in [2.75, 3.05) is 0 Å². The second-order valence-corrected chi connectivity index (χ2v) is 3.23. The predicted molar refractivity (Wildman–Crippen MR) is 25.5 cm³/mol. The molecule has 0 radical (unpaired) electrons. The highest BCUT2D eigenvalue weighted by Gasteiger charge is 2.46. The van der Waals surface area contributed by atoms with Crippen LogP contribution < -0.4 is 0 Å². The first-order chi connectivity index (χ1) is 4.31. The highest BCUT2D eigenvalue weighted by atomic mass is 32.2. The van der Waals surface area contributed by atoms with Gasteiger partial charge < -0.3 is 0 Å². The molecular formula is CF3NO3S2. The molecule has 0 aromatic heterocycles. The van der Waals surface area contributed by atoms with Crippen LogP contribution in [0.5, 0.6) is 0 Å². The summed E-state index contributed by atoms with van der Waals surface area (Å²) in [6.07, 6.45) is 0. The number of halogens is 3. The van der Waals surface area contributed by atoms with Gasteiger partial charge in [0.2, 0.25) is 11.5 Å². The highest BCUT2D eigenvalue weighted by Crippen LogP contribution is 2.23. The normalized spacial score (nSPS) is 12.7. The summed E-state index contributed by atoms with van der Waals surface area (Å²) in [5.74, 6) is 0. The Labute approximate surface area is 57.3 Å². The van der Waals surface area contributed by atoms with E-state index >= 15 is 0 Å². The number of hydrogen-bond donors (Lipinski definition) is 0. The van der Waals surface area contributed by atoms with Gasteiger partial charge in [-0.2, -0.15) is 25.8 Å². The molecule has 0 fully saturated rings. The summed E-state index contributed by atoms with van der Waals surface area (Å²) in [6, 6.07) is 0. The summed E-state index contributed by atoms with van der Waals surface area (Å²) in [6.45, 7) is 0. The number of sulfonamides is 1. The van der Waals surface area contributed by atoms with Gasteiger partial charge in [0.15, 0.2) is 0 Å². The van der Waals surface area contributed by atoms with Gasteiger partial charge in [0.05, 0.1) is 0 Å². The molecular weight excluding hydrogens is 195 g/mol. The highest BCUT2D eigenvalue weighted by molar-refractivity contribution is 7.94. The maximum atomic E-state index is 11.2. The minimum Gasteiger partial charge on any atom is -0.194 e. The van der Waals surface area contributed by atoms with Crippen LogP contribution in [0, 0.1) is 0 Å². The quantitative estimate of drug-likeness (QED) is 0.601. The fraction of sp³-hybridized carbons (Fsp3) is 1.00. The minimum absolute atomic E-state index is 0.998. The Kier molecular flexibility index (Phi) is 2.54. The molecule has 0 N–H and O–H groups in total. The molecule has 0 aliphatic carbocycles. The first kappa shape index (κ1) is 9.56. The van der Waals surface area contributed by atoms with Crippen LogP contribution in [-0.4, -0.2) is 18.1 Å². The Morgan fingerprint density at radius 2 is 1.70 bits per heavy atom. The van der Waals surface area contributed by atoms with Crippen LogP contribution in [0.2, 0.25) is 0 Å². The molecule has 0 spiro atoms. The third-order valence-corrected chi connectivity index (χ3v) is 2.03. The topological polar surface area (TPSA) is 63.6 Å². The molecule has 4 nitrogen and oxygen atoms in total. The lowest BCUT2D eigenvalue weighted by Crippen LogP contribution is -2.19. The average Bonchev–Trinajstić information content (AvgIpc) is 1.61. The number of hydrogen-bond acceptors (Lipinski definition) is 3. The Balaban J connectivity index is 4.97. The summed E-state index contributed by atoms with van der Waals surface area (Å²) in [4.78, 5) is 0. The maximum Gasteiger partial charge on any atom is 0.519 e. The van der Waals surface area contributed by atoms with E-state index in [1.54, 1.807) is 3.77 Å². The molecule has 0 aromatic rings. The SMILES string of the molecule is O=S=NS(=O)(=O)C(F)(F)F. The number of alkyl halides is 3. The van der Waals surface area contributed by atoms with Gasteiger partial charge in [0, 0.05) is 0 Å². The van der Waals surface area contributed by atoms with Gasteiger partial charge in [-0.1, -0.05) is 3.77 Å². The smallest absolute Gasteiger partial charge is 0.194 e. The summed E-state index contributed by atoms with van der Waals surface area (Å²) in [7, 11) is -5.57. The largest absolute Gasteiger partial charge is 0.519 e. The van der Waals surface area contributed by atoms with Gasteiger partial charge in [-0.3, -0.25) is 0 Å². The van der Waals surface area contributed by atoms with Crippen molar-refractivity contribution in [3.63, 3.8) is 0 Å². The van der Waals surface area contributed by atoms with E-state index in [-0.39, 0.29) is 0 Å². The molecule has 0 bridgehead atoms. The minimum atomic E-state index is -5.57. The van der Waals surface area contributed by atoms with Gasteiger partial charge in [-0.15, -0.1) is 0 Å². The average molecular weight is 195 g/mol. The third-order valence-electron chi connectivity index (χ3n) is 0.421. The van der Waals surface area contributed by atoms with E-state index in [9.17, 15) is 25.8 Å². The summed E-state index contributed by atoms with van der Waals surface area (Å²) in [5, 5.41) is 0. The second kappa shape index (κ2) is 2.66. The molecule has 9 heteroatoms. The van der Waals surface area contributed by atoms with Gasteiger partial charge >= 0.3 is 15.5 Å². The van der Waals surface area contributed by atoms with E-state index < -0.39 is 27.0 Å². The zero-order chi connectivity index (χ0) is 8.41. The van der Waals surface area contributed by atoms with Crippen molar-refractivity contribution in [3.8, 4) is 0 Å². The number of rotatable bonds is 1. The molecule has 0 heterocycles. The van der Waals surface area contributed by atoms with Gasteiger partial charge in [0.1, 0.15) is 0 Å². The zero-order valence-corrected chi connectivity index (χ0v) is 5.76. The fourth-order valence-electron chi connectivity index (χ4n) is 0.0823. The standard InChI is InChI=1S/CF3NO3S2/c2-1(3,4)10(7,8)5-9-6. The predicted octanol–water partition coefficient (Wildman–Crippen LogP) is 0.233. The Morgan fingerprint density at radius 3 is 1.80 bits per heavy atom. The van der Waals surface area contributed by atoms with E-state index in [4.69, 9.17) is 0 Å². The van der Waals surface area contributed by atoms with E-state index in [1.165, 1.54) is 0 Å². The van der Waals surface area contributed by atoms with Crippen molar-refractivity contribution in [3.05, 3.63) is 0 Å². The van der Waals surface area contributed by atoms with Crippen molar-refractivity contribution < 1.29 is 25.8 Å². The third kappa shape index (κ3) is 2.06. The molecule has 0 saturated carbocycles. The Bertz CT molecular complexity index is 258. The van der Waals surface area contributed by atoms with E-state index in [0.29, 0.717) is 0 Å². The first-order valence-electron chi connectivity index (χ1n) is 1.64. The van der Waals surface area contributed by atoms with Crippen LogP contribution in [-0.2, 0) is 21.5 Å². The second-order valence-electron chi connectivity index (χ2n) is 1.07. The summed E-state index contributed by atoms with van der Waals surface area (Å²) >= 11 is -0.998. The lowest BCUT2D eigenvalue weighted by atomic mass is 11.6. The summed E-state index contributed by atoms with van der Waals surface area (Å²) < 4.78 is 64.0. The molecule has 0 amide bonds. The molecule has 10 heavy (non-hydrogen) atoms. The Morgan fingerprint density at radius 1 is 1.30 bits per heavy atom. The number of nitrogens with zero attached hydrogens (tertiary/aromatic N) is 1. The van der Waals surface area contributed by atoms with Gasteiger partial charge in [-0.25, -0.2) is 0 Å². The maximum absolute atomic E-state index is 11.2. The molecule has 0 atom stereocenters. The van der Waals surface area contributed by atoms with E-state index in [2.05, 4.69) is 0 Å². The molecule has 0 saturated heterocycles. The fourth-order valence-corrected chi connectivity index (χ4v) is 0.741. The van der Waals surface area contributed by atoms with E-state index in [0.717, 1.165) is 0 Å². The molecule has 0 rings (SSSR count). The molecule has 0 unspecified atom stereocenters. The zero-order valence-electron chi connectivity index (χ0n) is 4.12. The monoisotopic (exact) mass is 195 g/mol.